The number of benzene rings is 1. The molecule has 3 rings (SSSR count). The SMILES string of the molecule is O=C(C1=C[C@@H](c2ccccc2)C[C@@H](OCCCCO)O1)N1CCCCCCC1. The fraction of sp³-hybridized carbons (Fsp3) is 0.609. The number of unbranched alkanes of at least 4 members (excludes halogenated alkanes) is 1. The highest BCUT2D eigenvalue weighted by atomic mass is 16.7. The van der Waals surface area contributed by atoms with Crippen LogP contribution in [-0.4, -0.2) is 48.5 Å². The number of nitrogens with zero attached hydrogens (tertiary/aromatic N) is 1. The Labute approximate surface area is 168 Å². The quantitative estimate of drug-likeness (QED) is 0.719. The number of allylic oxidation sites excluding steroid dienone is 1. The lowest BCUT2D eigenvalue weighted by Gasteiger charge is -2.32. The molecule has 28 heavy (non-hydrogen) atoms. The van der Waals surface area contributed by atoms with Crippen LogP contribution in [0, 0.1) is 0 Å². The van der Waals surface area contributed by atoms with Gasteiger partial charge in [-0.25, -0.2) is 0 Å². The fourth-order valence-corrected chi connectivity index (χ4v) is 3.88. The Bertz CT molecular complexity index is 623. The average Bonchev–Trinajstić information content (AvgIpc) is 2.71. The number of ether oxygens (including phenoxy) is 2. The highest BCUT2D eigenvalue weighted by Gasteiger charge is 2.31. The van der Waals surface area contributed by atoms with Gasteiger partial charge in [0.05, 0.1) is 6.61 Å². The van der Waals surface area contributed by atoms with E-state index in [2.05, 4.69) is 12.1 Å². The van der Waals surface area contributed by atoms with Crippen molar-refractivity contribution in [2.45, 2.75) is 63.6 Å². The molecule has 5 heteroatoms. The summed E-state index contributed by atoms with van der Waals surface area (Å²) in [5.74, 6) is 0.519. The van der Waals surface area contributed by atoms with Crippen LogP contribution in [0.5, 0.6) is 0 Å². The molecule has 154 valence electrons. The van der Waals surface area contributed by atoms with Crippen molar-refractivity contribution in [3.63, 3.8) is 0 Å². The summed E-state index contributed by atoms with van der Waals surface area (Å²) < 4.78 is 11.9. The predicted octanol–water partition coefficient (Wildman–Crippen LogP) is 3.98. The Kier molecular flexibility index (Phi) is 8.37. The molecular formula is C23H33NO4. The predicted molar refractivity (Wildman–Crippen MR) is 109 cm³/mol. The average molecular weight is 388 g/mol. The molecule has 0 unspecified atom stereocenters. The Morgan fingerprint density at radius 1 is 1.07 bits per heavy atom. The maximum Gasteiger partial charge on any atom is 0.288 e. The summed E-state index contributed by atoms with van der Waals surface area (Å²) in [6, 6.07) is 10.2. The van der Waals surface area contributed by atoms with Crippen molar-refractivity contribution in [2.24, 2.45) is 0 Å². The molecule has 1 N–H and O–H groups in total. The summed E-state index contributed by atoms with van der Waals surface area (Å²) in [5.41, 5.74) is 1.17. The van der Waals surface area contributed by atoms with Gasteiger partial charge in [-0.05, 0) is 37.3 Å². The van der Waals surface area contributed by atoms with Crippen LogP contribution in [0.4, 0.5) is 0 Å². The van der Waals surface area contributed by atoms with Gasteiger partial charge >= 0.3 is 0 Å². The number of carbonyl (C=O) groups excluding carboxylic acids is 1. The zero-order valence-electron chi connectivity index (χ0n) is 16.7. The summed E-state index contributed by atoms with van der Waals surface area (Å²) >= 11 is 0. The first kappa shape index (κ1) is 20.9. The minimum atomic E-state index is -0.428. The second kappa shape index (κ2) is 11.2. The molecule has 1 aromatic rings. The Morgan fingerprint density at radius 3 is 2.50 bits per heavy atom. The van der Waals surface area contributed by atoms with E-state index in [9.17, 15) is 4.79 Å². The molecule has 0 spiro atoms. The standard InChI is InChI=1S/C23H33NO4/c25-15-9-10-16-27-22-18-20(19-11-5-4-6-12-19)17-21(28-22)23(26)24-13-7-2-1-3-8-14-24/h4-6,11-12,17,20,22,25H,1-3,7-10,13-16,18H2/t20-,22+/m1/s1. The molecule has 2 atom stereocenters. The summed E-state index contributed by atoms with van der Waals surface area (Å²) in [5, 5.41) is 8.95. The molecule has 2 aliphatic rings. The summed E-state index contributed by atoms with van der Waals surface area (Å²) in [6.07, 6.45) is 9.49. The molecular weight excluding hydrogens is 354 g/mol. The third-order valence-corrected chi connectivity index (χ3v) is 5.50. The highest BCUT2D eigenvalue weighted by Crippen LogP contribution is 2.32. The van der Waals surface area contributed by atoms with Crippen LogP contribution in [0.1, 0.15) is 62.8 Å². The first-order valence-electron chi connectivity index (χ1n) is 10.7. The van der Waals surface area contributed by atoms with Crippen molar-refractivity contribution < 1.29 is 19.4 Å². The van der Waals surface area contributed by atoms with Crippen molar-refractivity contribution in [2.75, 3.05) is 26.3 Å². The number of amides is 1. The Balaban J connectivity index is 1.71. The minimum absolute atomic E-state index is 0.00788. The summed E-state index contributed by atoms with van der Waals surface area (Å²) in [6.45, 7) is 2.30. The summed E-state index contributed by atoms with van der Waals surface area (Å²) in [4.78, 5) is 15.1. The van der Waals surface area contributed by atoms with Gasteiger partial charge in [0.1, 0.15) is 0 Å². The van der Waals surface area contributed by atoms with Crippen LogP contribution in [0.25, 0.3) is 0 Å². The first-order chi connectivity index (χ1) is 13.8. The van der Waals surface area contributed by atoms with Gasteiger partial charge in [0.25, 0.3) is 5.91 Å². The molecule has 1 fully saturated rings. The number of likely N-dealkylation sites (tertiary alicyclic amines) is 1. The van der Waals surface area contributed by atoms with Gasteiger partial charge in [0.15, 0.2) is 5.76 Å². The van der Waals surface area contributed by atoms with E-state index in [0.29, 0.717) is 25.2 Å². The largest absolute Gasteiger partial charge is 0.459 e. The fourth-order valence-electron chi connectivity index (χ4n) is 3.88. The van der Waals surface area contributed by atoms with Crippen molar-refractivity contribution >= 4 is 5.91 Å². The van der Waals surface area contributed by atoms with Crippen molar-refractivity contribution in [1.82, 2.24) is 4.90 Å². The van der Waals surface area contributed by atoms with Gasteiger partial charge in [-0.2, -0.15) is 0 Å². The van der Waals surface area contributed by atoms with E-state index in [4.69, 9.17) is 14.6 Å². The second-order valence-corrected chi connectivity index (χ2v) is 7.69. The molecule has 0 radical (unpaired) electrons. The van der Waals surface area contributed by atoms with Crippen LogP contribution < -0.4 is 0 Å². The van der Waals surface area contributed by atoms with Crippen molar-refractivity contribution in [3.05, 3.63) is 47.7 Å². The molecule has 1 amide bonds. The zero-order valence-corrected chi connectivity index (χ0v) is 16.7. The van der Waals surface area contributed by atoms with Crippen LogP contribution in [-0.2, 0) is 14.3 Å². The van der Waals surface area contributed by atoms with E-state index in [1.54, 1.807) is 0 Å². The van der Waals surface area contributed by atoms with Crippen molar-refractivity contribution in [3.8, 4) is 0 Å². The molecule has 1 saturated heterocycles. The van der Waals surface area contributed by atoms with E-state index in [0.717, 1.165) is 32.4 Å². The first-order valence-corrected chi connectivity index (χ1v) is 10.7. The Hall–Kier alpha value is -1.85. The summed E-state index contributed by atoms with van der Waals surface area (Å²) in [7, 11) is 0. The molecule has 0 aromatic heterocycles. The number of aliphatic hydroxyl groups is 1. The number of aliphatic hydroxyl groups excluding tert-OH is 1. The van der Waals surface area contributed by atoms with Gasteiger partial charge in [-0.1, -0.05) is 49.6 Å². The maximum absolute atomic E-state index is 13.2. The van der Waals surface area contributed by atoms with Gasteiger partial charge in [-0.15, -0.1) is 0 Å². The molecule has 0 saturated carbocycles. The van der Waals surface area contributed by atoms with E-state index in [1.165, 1.54) is 24.8 Å². The van der Waals surface area contributed by atoms with Gasteiger partial charge < -0.3 is 19.5 Å². The third kappa shape index (κ3) is 6.08. The number of rotatable bonds is 7. The van der Waals surface area contributed by atoms with E-state index >= 15 is 0 Å². The second-order valence-electron chi connectivity index (χ2n) is 7.69. The molecule has 2 heterocycles. The molecule has 0 aliphatic carbocycles. The van der Waals surface area contributed by atoms with Crippen molar-refractivity contribution in [1.29, 1.82) is 0 Å². The molecule has 1 aromatic carbocycles. The molecule has 0 bridgehead atoms. The lowest BCUT2D eigenvalue weighted by Crippen LogP contribution is -2.38. The number of carbonyl (C=O) groups is 1. The number of hydrogen-bond acceptors (Lipinski definition) is 4. The highest BCUT2D eigenvalue weighted by molar-refractivity contribution is 5.91. The van der Waals surface area contributed by atoms with Crippen LogP contribution >= 0.6 is 0 Å². The Morgan fingerprint density at radius 2 is 1.79 bits per heavy atom. The number of hydrogen-bond donors (Lipinski definition) is 1. The van der Waals surface area contributed by atoms with Gasteiger partial charge in [0, 0.05) is 32.0 Å². The van der Waals surface area contributed by atoms with Crippen LogP contribution in [0.2, 0.25) is 0 Å². The third-order valence-electron chi connectivity index (χ3n) is 5.50. The maximum atomic E-state index is 13.2. The van der Waals surface area contributed by atoms with E-state index in [1.807, 2.05) is 29.2 Å². The monoisotopic (exact) mass is 387 g/mol. The normalized spacial score (nSPS) is 23.3. The van der Waals surface area contributed by atoms with Gasteiger partial charge in [0.2, 0.25) is 6.29 Å². The smallest absolute Gasteiger partial charge is 0.288 e. The van der Waals surface area contributed by atoms with Crippen LogP contribution in [0.15, 0.2) is 42.2 Å². The minimum Gasteiger partial charge on any atom is -0.459 e. The lowest BCUT2D eigenvalue weighted by molar-refractivity contribution is -0.153. The van der Waals surface area contributed by atoms with Crippen LogP contribution in [0.3, 0.4) is 0 Å². The molecule has 5 nitrogen and oxygen atoms in total. The van der Waals surface area contributed by atoms with E-state index in [-0.39, 0.29) is 18.4 Å². The van der Waals surface area contributed by atoms with Gasteiger partial charge in [-0.3, -0.25) is 4.79 Å². The van der Waals surface area contributed by atoms with E-state index < -0.39 is 6.29 Å². The zero-order chi connectivity index (χ0) is 19.6. The molecule has 2 aliphatic heterocycles. The lowest BCUT2D eigenvalue weighted by atomic mass is 9.93. The topological polar surface area (TPSA) is 59.0 Å².